The summed E-state index contributed by atoms with van der Waals surface area (Å²) in [7, 11) is -3.51. The molecule has 10 heteroatoms. The summed E-state index contributed by atoms with van der Waals surface area (Å²) in [5, 5.41) is 2.93. The van der Waals surface area contributed by atoms with E-state index >= 15 is 0 Å². The first-order valence-corrected chi connectivity index (χ1v) is 13.7. The molecule has 4 rings (SSSR count). The summed E-state index contributed by atoms with van der Waals surface area (Å²) in [4.78, 5) is 21.8. The van der Waals surface area contributed by atoms with Crippen LogP contribution >= 0.6 is 0 Å². The second-order valence-corrected chi connectivity index (χ2v) is 10.6. The van der Waals surface area contributed by atoms with Crippen molar-refractivity contribution in [2.45, 2.75) is 63.9 Å². The summed E-state index contributed by atoms with van der Waals surface area (Å²) in [5.74, 6) is 1.22. The van der Waals surface area contributed by atoms with Gasteiger partial charge in [0.1, 0.15) is 5.82 Å². The standard InChI is InChI=1S/C25H33N5O4S/c1-3-14-30-22-10-9-20(35(32,33)29-15-5-6-16-29)17-21(22)28-23(30)11-12-24(31)27-18-19-8-7-13-26-25(19)34-4-2/h7-10,13,17H,3-6,11-12,14-16,18H2,1-2H3,(H,27,31). The van der Waals surface area contributed by atoms with Crippen LogP contribution in [0.1, 0.15) is 50.9 Å². The van der Waals surface area contributed by atoms with Crippen molar-refractivity contribution < 1.29 is 17.9 Å². The SMILES string of the molecule is CCCn1c(CCC(=O)NCc2cccnc2OCC)nc2cc(S(=O)(=O)N3CCCC3)ccc21. The molecule has 1 fully saturated rings. The number of aromatic nitrogens is 3. The lowest BCUT2D eigenvalue weighted by Crippen LogP contribution is -2.27. The first-order valence-electron chi connectivity index (χ1n) is 12.3. The van der Waals surface area contributed by atoms with E-state index in [4.69, 9.17) is 9.72 Å². The molecule has 0 saturated carbocycles. The van der Waals surface area contributed by atoms with E-state index in [0.29, 0.717) is 44.1 Å². The summed E-state index contributed by atoms with van der Waals surface area (Å²) < 4.78 is 35.1. The lowest BCUT2D eigenvalue weighted by Gasteiger charge is -2.15. The topological polar surface area (TPSA) is 106 Å². The summed E-state index contributed by atoms with van der Waals surface area (Å²) in [5.41, 5.74) is 2.36. The van der Waals surface area contributed by atoms with Gasteiger partial charge in [-0.2, -0.15) is 4.31 Å². The van der Waals surface area contributed by atoms with Crippen molar-refractivity contribution in [3.8, 4) is 5.88 Å². The van der Waals surface area contributed by atoms with Crippen LogP contribution in [0.25, 0.3) is 11.0 Å². The van der Waals surface area contributed by atoms with Crippen molar-refractivity contribution in [1.29, 1.82) is 0 Å². The number of nitrogens with one attached hydrogen (secondary N) is 1. The fourth-order valence-corrected chi connectivity index (χ4v) is 5.93. The maximum atomic E-state index is 13.0. The minimum absolute atomic E-state index is 0.0938. The monoisotopic (exact) mass is 499 g/mol. The summed E-state index contributed by atoms with van der Waals surface area (Å²) in [6.45, 7) is 6.70. The molecule has 188 valence electrons. The van der Waals surface area contributed by atoms with Gasteiger partial charge >= 0.3 is 0 Å². The maximum absolute atomic E-state index is 13.0. The van der Waals surface area contributed by atoms with Crippen molar-refractivity contribution >= 4 is 27.0 Å². The highest BCUT2D eigenvalue weighted by Crippen LogP contribution is 2.26. The molecule has 1 aromatic carbocycles. The quantitative estimate of drug-likeness (QED) is 0.434. The van der Waals surface area contributed by atoms with Crippen molar-refractivity contribution in [2.75, 3.05) is 19.7 Å². The largest absolute Gasteiger partial charge is 0.478 e. The van der Waals surface area contributed by atoms with Gasteiger partial charge in [-0.1, -0.05) is 13.0 Å². The van der Waals surface area contributed by atoms with E-state index in [0.717, 1.165) is 42.7 Å². The molecule has 1 aliphatic heterocycles. The molecule has 0 spiro atoms. The first kappa shape index (κ1) is 25.1. The Hall–Kier alpha value is -2.98. The Bertz CT molecular complexity index is 1280. The lowest BCUT2D eigenvalue weighted by molar-refractivity contribution is -0.121. The van der Waals surface area contributed by atoms with Crippen molar-refractivity contribution in [1.82, 2.24) is 24.2 Å². The Morgan fingerprint density at radius 3 is 2.71 bits per heavy atom. The number of carbonyl (C=O) groups is 1. The molecule has 35 heavy (non-hydrogen) atoms. The van der Waals surface area contributed by atoms with Crippen molar-refractivity contribution in [3.63, 3.8) is 0 Å². The fraction of sp³-hybridized carbons (Fsp3) is 0.480. The van der Waals surface area contributed by atoms with Crippen LogP contribution < -0.4 is 10.1 Å². The van der Waals surface area contributed by atoms with Crippen LogP contribution in [-0.2, 0) is 34.3 Å². The van der Waals surface area contributed by atoms with Crippen LogP contribution in [-0.4, -0.2) is 52.9 Å². The Labute approximate surface area is 206 Å². The zero-order chi connectivity index (χ0) is 24.8. The number of fused-ring (bicyclic) bond motifs is 1. The number of aryl methyl sites for hydroxylation is 2. The van der Waals surface area contributed by atoms with Gasteiger partial charge < -0.3 is 14.6 Å². The van der Waals surface area contributed by atoms with Crippen LogP contribution in [0.3, 0.4) is 0 Å². The van der Waals surface area contributed by atoms with E-state index in [1.165, 1.54) is 0 Å². The molecule has 3 heterocycles. The number of pyridine rings is 1. The highest BCUT2D eigenvalue weighted by molar-refractivity contribution is 7.89. The number of carbonyl (C=O) groups excluding carboxylic acids is 1. The molecular weight excluding hydrogens is 466 g/mol. The molecule has 0 atom stereocenters. The van der Waals surface area contributed by atoms with Gasteiger partial charge in [-0.3, -0.25) is 4.79 Å². The van der Waals surface area contributed by atoms with E-state index in [1.807, 2.05) is 25.1 Å². The molecule has 3 aromatic rings. The average Bonchev–Trinajstić information content (AvgIpc) is 3.51. The zero-order valence-electron chi connectivity index (χ0n) is 20.4. The second kappa shape index (κ2) is 11.2. The maximum Gasteiger partial charge on any atom is 0.243 e. The molecule has 0 unspecified atom stereocenters. The van der Waals surface area contributed by atoms with Gasteiger partial charge in [0.25, 0.3) is 0 Å². The average molecular weight is 500 g/mol. The third-order valence-electron chi connectivity index (χ3n) is 6.13. The van der Waals surface area contributed by atoms with Gasteiger partial charge in [0, 0.05) is 50.8 Å². The summed E-state index contributed by atoms with van der Waals surface area (Å²) >= 11 is 0. The van der Waals surface area contributed by atoms with Gasteiger partial charge in [0.05, 0.1) is 22.5 Å². The first-order chi connectivity index (χ1) is 16.9. The van der Waals surface area contributed by atoms with E-state index in [9.17, 15) is 13.2 Å². The lowest BCUT2D eigenvalue weighted by atomic mass is 10.2. The predicted molar refractivity (Wildman–Crippen MR) is 134 cm³/mol. The summed E-state index contributed by atoms with van der Waals surface area (Å²) in [6, 6.07) is 8.87. The van der Waals surface area contributed by atoms with E-state index < -0.39 is 10.0 Å². The number of amides is 1. The zero-order valence-corrected chi connectivity index (χ0v) is 21.2. The number of benzene rings is 1. The number of nitrogens with zero attached hydrogens (tertiary/aromatic N) is 4. The van der Waals surface area contributed by atoms with Gasteiger partial charge in [-0.25, -0.2) is 18.4 Å². The Kier molecular flexibility index (Phi) is 8.02. The third-order valence-corrected chi connectivity index (χ3v) is 8.03. The minimum Gasteiger partial charge on any atom is -0.478 e. The smallest absolute Gasteiger partial charge is 0.243 e. The molecule has 0 radical (unpaired) electrons. The van der Waals surface area contributed by atoms with Crippen LogP contribution in [0.5, 0.6) is 5.88 Å². The number of ether oxygens (including phenoxy) is 1. The van der Waals surface area contributed by atoms with Crippen LogP contribution in [0, 0.1) is 0 Å². The second-order valence-electron chi connectivity index (χ2n) is 8.62. The molecule has 2 aromatic heterocycles. The molecule has 9 nitrogen and oxygen atoms in total. The Balaban J connectivity index is 1.47. The molecular formula is C25H33N5O4S. The number of hydrogen-bond acceptors (Lipinski definition) is 6. The van der Waals surface area contributed by atoms with Gasteiger partial charge in [0.15, 0.2) is 0 Å². The number of hydrogen-bond donors (Lipinski definition) is 1. The highest BCUT2D eigenvalue weighted by atomic mass is 32.2. The highest BCUT2D eigenvalue weighted by Gasteiger charge is 2.28. The van der Waals surface area contributed by atoms with Gasteiger partial charge in [-0.15, -0.1) is 0 Å². The van der Waals surface area contributed by atoms with Crippen LogP contribution in [0.15, 0.2) is 41.4 Å². The minimum atomic E-state index is -3.51. The third kappa shape index (κ3) is 5.65. The molecule has 1 saturated heterocycles. The summed E-state index contributed by atoms with van der Waals surface area (Å²) in [6.07, 6.45) is 5.09. The van der Waals surface area contributed by atoms with Crippen molar-refractivity contribution in [3.05, 3.63) is 47.9 Å². The number of imidazole rings is 1. The van der Waals surface area contributed by atoms with Gasteiger partial charge in [0.2, 0.25) is 21.8 Å². The molecule has 0 bridgehead atoms. The Morgan fingerprint density at radius 2 is 1.97 bits per heavy atom. The van der Waals surface area contributed by atoms with Crippen LogP contribution in [0.4, 0.5) is 0 Å². The normalized spacial score (nSPS) is 14.5. The van der Waals surface area contributed by atoms with E-state index in [2.05, 4.69) is 21.8 Å². The number of sulfonamides is 1. The number of rotatable bonds is 11. The van der Waals surface area contributed by atoms with Crippen LogP contribution in [0.2, 0.25) is 0 Å². The van der Waals surface area contributed by atoms with E-state index in [-0.39, 0.29) is 17.2 Å². The molecule has 1 aliphatic rings. The molecule has 0 aliphatic carbocycles. The fourth-order valence-electron chi connectivity index (χ4n) is 4.39. The van der Waals surface area contributed by atoms with Crippen molar-refractivity contribution in [2.24, 2.45) is 0 Å². The van der Waals surface area contributed by atoms with E-state index in [1.54, 1.807) is 22.6 Å². The Morgan fingerprint density at radius 1 is 1.17 bits per heavy atom. The molecule has 1 amide bonds. The molecule has 1 N–H and O–H groups in total. The predicted octanol–water partition coefficient (Wildman–Crippen LogP) is 3.27. The van der Waals surface area contributed by atoms with Gasteiger partial charge in [-0.05, 0) is 50.5 Å².